The first-order valence-electron chi connectivity index (χ1n) is 8.72. The van der Waals surface area contributed by atoms with Gasteiger partial charge in [-0.2, -0.15) is 0 Å². The van der Waals surface area contributed by atoms with Crippen molar-refractivity contribution < 1.29 is 24.2 Å². The lowest BCUT2D eigenvalue weighted by Crippen LogP contribution is -2.38. The van der Waals surface area contributed by atoms with Gasteiger partial charge in [-0.15, -0.1) is 0 Å². The molecule has 3 rings (SSSR count). The molecule has 1 heterocycles. The van der Waals surface area contributed by atoms with E-state index in [0.29, 0.717) is 24.3 Å². The summed E-state index contributed by atoms with van der Waals surface area (Å²) >= 11 is 0. The van der Waals surface area contributed by atoms with Gasteiger partial charge in [0.1, 0.15) is 31.3 Å². The summed E-state index contributed by atoms with van der Waals surface area (Å²) in [4.78, 5) is 23.8. The first-order valence-corrected chi connectivity index (χ1v) is 8.72. The Labute approximate surface area is 162 Å². The molecular formula is C20H21N3O5. The minimum atomic E-state index is -1.07. The second-order valence-corrected chi connectivity index (χ2v) is 6.50. The summed E-state index contributed by atoms with van der Waals surface area (Å²) in [5.41, 5.74) is 8.01. The number of amidine groups is 1. The highest BCUT2D eigenvalue weighted by Gasteiger charge is 2.34. The maximum atomic E-state index is 11.6. The van der Waals surface area contributed by atoms with Crippen LogP contribution in [0, 0.1) is 5.41 Å². The van der Waals surface area contributed by atoms with Gasteiger partial charge >= 0.3 is 12.1 Å². The van der Waals surface area contributed by atoms with Crippen LogP contribution in [-0.4, -0.2) is 47.1 Å². The summed E-state index contributed by atoms with van der Waals surface area (Å²) in [7, 11) is 0. The lowest BCUT2D eigenvalue weighted by Gasteiger charge is -2.19. The maximum Gasteiger partial charge on any atom is 0.410 e. The molecule has 8 heteroatoms. The first kappa shape index (κ1) is 19.2. The van der Waals surface area contributed by atoms with Crippen molar-refractivity contribution in [3.8, 4) is 5.75 Å². The molecule has 2 aromatic rings. The van der Waals surface area contributed by atoms with Gasteiger partial charge in [0, 0.05) is 5.56 Å². The van der Waals surface area contributed by atoms with Crippen LogP contribution in [0.4, 0.5) is 4.79 Å². The van der Waals surface area contributed by atoms with Crippen molar-refractivity contribution in [2.24, 2.45) is 5.73 Å². The fraction of sp³-hybridized carbons (Fsp3) is 0.250. The molecule has 1 fully saturated rings. The number of nitrogens with two attached hydrogens (primary N) is 1. The zero-order valence-electron chi connectivity index (χ0n) is 15.1. The zero-order valence-corrected chi connectivity index (χ0v) is 15.1. The number of hydrogen-bond donors (Lipinski definition) is 3. The van der Waals surface area contributed by atoms with Crippen molar-refractivity contribution in [2.75, 3.05) is 13.2 Å². The Hall–Kier alpha value is -3.55. The summed E-state index contributed by atoms with van der Waals surface area (Å²) in [6.45, 7) is 0.197. The highest BCUT2D eigenvalue weighted by atomic mass is 16.6. The van der Waals surface area contributed by atoms with E-state index in [0.717, 1.165) is 11.1 Å². The molecule has 8 nitrogen and oxygen atoms in total. The predicted octanol–water partition coefficient (Wildman–Crippen LogP) is 2.00. The van der Waals surface area contributed by atoms with E-state index in [2.05, 4.69) is 0 Å². The number of hydrogen-bond acceptors (Lipinski definition) is 5. The van der Waals surface area contributed by atoms with Crippen LogP contribution < -0.4 is 10.5 Å². The molecule has 0 unspecified atom stereocenters. The molecule has 1 amide bonds. The van der Waals surface area contributed by atoms with Crippen LogP contribution in [0.25, 0.3) is 0 Å². The SMILES string of the molecule is N=C(N)c1ccc(COc2ccc(C[C@@H]3COC(=O)N3CC(=O)O)cc2)cc1. The fourth-order valence-corrected chi connectivity index (χ4v) is 2.94. The molecule has 1 atom stereocenters. The molecule has 4 N–H and O–H groups in total. The van der Waals surface area contributed by atoms with E-state index >= 15 is 0 Å². The van der Waals surface area contributed by atoms with E-state index in [-0.39, 0.29) is 25.0 Å². The molecule has 2 aromatic carbocycles. The summed E-state index contributed by atoms with van der Waals surface area (Å²) in [5, 5.41) is 16.3. The number of nitrogens with zero attached hydrogens (tertiary/aromatic N) is 1. The number of carbonyl (C=O) groups excluding carboxylic acids is 1. The molecule has 0 saturated carbocycles. The van der Waals surface area contributed by atoms with Crippen molar-refractivity contribution in [2.45, 2.75) is 19.1 Å². The fourth-order valence-electron chi connectivity index (χ4n) is 2.94. The van der Waals surface area contributed by atoms with E-state index in [4.69, 9.17) is 25.7 Å². The minimum Gasteiger partial charge on any atom is -0.489 e. The molecule has 146 valence electrons. The predicted molar refractivity (Wildman–Crippen MR) is 101 cm³/mol. The molecule has 0 aromatic heterocycles. The molecule has 0 spiro atoms. The van der Waals surface area contributed by atoms with Gasteiger partial charge in [0.25, 0.3) is 0 Å². The largest absolute Gasteiger partial charge is 0.489 e. The van der Waals surface area contributed by atoms with Crippen molar-refractivity contribution in [1.82, 2.24) is 4.90 Å². The number of carboxylic acid groups (broad SMARTS) is 1. The third-order valence-corrected chi connectivity index (χ3v) is 4.45. The molecular weight excluding hydrogens is 362 g/mol. The Bertz CT molecular complexity index is 864. The summed E-state index contributed by atoms with van der Waals surface area (Å²) in [6.07, 6.45) is -0.0885. The van der Waals surface area contributed by atoms with Crippen LogP contribution in [0.15, 0.2) is 48.5 Å². The number of cyclic esters (lactones) is 1. The van der Waals surface area contributed by atoms with Gasteiger partial charge in [-0.05, 0) is 29.7 Å². The third-order valence-electron chi connectivity index (χ3n) is 4.45. The summed E-state index contributed by atoms with van der Waals surface area (Å²) < 4.78 is 10.7. The second-order valence-electron chi connectivity index (χ2n) is 6.50. The van der Waals surface area contributed by atoms with Gasteiger partial charge in [0.2, 0.25) is 0 Å². The van der Waals surface area contributed by atoms with Crippen LogP contribution >= 0.6 is 0 Å². The maximum absolute atomic E-state index is 11.6. The highest BCUT2D eigenvalue weighted by Crippen LogP contribution is 2.20. The van der Waals surface area contributed by atoms with E-state index in [1.54, 1.807) is 12.1 Å². The van der Waals surface area contributed by atoms with Crippen molar-refractivity contribution >= 4 is 17.9 Å². The Kier molecular flexibility index (Phi) is 5.78. The Balaban J connectivity index is 1.55. The summed E-state index contributed by atoms with van der Waals surface area (Å²) in [5.74, 6) is -0.344. The average Bonchev–Trinajstić information content (AvgIpc) is 3.00. The van der Waals surface area contributed by atoms with E-state index in [9.17, 15) is 9.59 Å². The lowest BCUT2D eigenvalue weighted by atomic mass is 10.1. The number of carbonyl (C=O) groups is 2. The van der Waals surface area contributed by atoms with Crippen LogP contribution in [0.2, 0.25) is 0 Å². The quantitative estimate of drug-likeness (QED) is 0.473. The number of ether oxygens (including phenoxy) is 2. The van der Waals surface area contributed by atoms with Gasteiger partial charge in [-0.1, -0.05) is 36.4 Å². The minimum absolute atomic E-state index is 0.0272. The van der Waals surface area contributed by atoms with Gasteiger partial charge in [0.05, 0.1) is 6.04 Å². The Morgan fingerprint density at radius 1 is 1.18 bits per heavy atom. The van der Waals surface area contributed by atoms with E-state index in [1.165, 1.54) is 4.90 Å². The number of benzene rings is 2. The van der Waals surface area contributed by atoms with Gasteiger partial charge in [0.15, 0.2) is 0 Å². The van der Waals surface area contributed by atoms with Crippen molar-refractivity contribution in [3.05, 3.63) is 65.2 Å². The molecule has 28 heavy (non-hydrogen) atoms. The Morgan fingerprint density at radius 3 is 2.43 bits per heavy atom. The Morgan fingerprint density at radius 2 is 1.82 bits per heavy atom. The molecule has 0 radical (unpaired) electrons. The van der Waals surface area contributed by atoms with Gasteiger partial charge in [-0.25, -0.2) is 4.79 Å². The topological polar surface area (TPSA) is 126 Å². The monoisotopic (exact) mass is 383 g/mol. The molecule has 1 aliphatic heterocycles. The van der Waals surface area contributed by atoms with Crippen molar-refractivity contribution in [1.29, 1.82) is 5.41 Å². The van der Waals surface area contributed by atoms with Crippen LogP contribution in [0.5, 0.6) is 5.75 Å². The number of nitrogen functional groups attached to an aromatic ring is 1. The third kappa shape index (κ3) is 4.79. The van der Waals surface area contributed by atoms with Gasteiger partial charge in [-0.3, -0.25) is 15.1 Å². The average molecular weight is 383 g/mol. The van der Waals surface area contributed by atoms with Gasteiger partial charge < -0.3 is 20.3 Å². The van der Waals surface area contributed by atoms with Crippen LogP contribution in [-0.2, 0) is 22.6 Å². The number of rotatable bonds is 8. The highest BCUT2D eigenvalue weighted by molar-refractivity contribution is 5.94. The molecule has 0 aliphatic carbocycles. The first-order chi connectivity index (χ1) is 13.4. The number of aliphatic carboxylic acids is 1. The standard InChI is InChI=1S/C20H21N3O5/c21-19(22)15-5-1-14(2-6-15)11-27-17-7-3-13(4-8-17)9-16-12-28-20(26)23(16)10-18(24)25/h1-8,16H,9-12H2,(H3,21,22)(H,24,25)/t16-/m1/s1. The zero-order chi connectivity index (χ0) is 20.1. The molecule has 1 saturated heterocycles. The molecule has 1 aliphatic rings. The number of carboxylic acids is 1. The normalized spacial score (nSPS) is 15.9. The van der Waals surface area contributed by atoms with Crippen LogP contribution in [0.1, 0.15) is 16.7 Å². The molecule has 0 bridgehead atoms. The van der Waals surface area contributed by atoms with E-state index < -0.39 is 12.1 Å². The number of amides is 1. The number of nitrogens with one attached hydrogen (secondary N) is 1. The second kappa shape index (κ2) is 8.43. The van der Waals surface area contributed by atoms with Crippen molar-refractivity contribution in [3.63, 3.8) is 0 Å². The van der Waals surface area contributed by atoms with E-state index in [1.807, 2.05) is 36.4 Å². The van der Waals surface area contributed by atoms with Crippen LogP contribution in [0.3, 0.4) is 0 Å². The lowest BCUT2D eigenvalue weighted by molar-refractivity contribution is -0.137. The smallest absolute Gasteiger partial charge is 0.410 e. The summed E-state index contributed by atoms with van der Waals surface area (Å²) in [6, 6.07) is 14.4.